The topological polar surface area (TPSA) is 75.2 Å². The predicted molar refractivity (Wildman–Crippen MR) is 109 cm³/mol. The molecule has 152 valence electrons. The number of anilines is 1. The van der Waals surface area contributed by atoms with E-state index in [0.29, 0.717) is 31.2 Å². The van der Waals surface area contributed by atoms with Crippen LogP contribution in [0.15, 0.2) is 23.2 Å². The molecule has 0 bridgehead atoms. The standard InChI is InChI=1S/C21H30N4O3/c1-14-12-18(14)24-21(22-16-6-8-25(9-7-16)15(2)26)23-17-4-5-19-20(13-17)28-11-3-10-27-19/h4-5,13-14,16,18H,3,6-12H2,1-2H3,(H2,22,23,24). The van der Waals surface area contributed by atoms with Crippen LogP contribution in [0.4, 0.5) is 5.69 Å². The first kappa shape index (κ1) is 18.9. The zero-order valence-corrected chi connectivity index (χ0v) is 16.7. The van der Waals surface area contributed by atoms with E-state index in [9.17, 15) is 4.79 Å². The van der Waals surface area contributed by atoms with Gasteiger partial charge in [-0.2, -0.15) is 0 Å². The Morgan fingerprint density at radius 1 is 1.18 bits per heavy atom. The van der Waals surface area contributed by atoms with Gasteiger partial charge in [0, 0.05) is 44.2 Å². The van der Waals surface area contributed by atoms with Gasteiger partial charge < -0.3 is 25.0 Å². The molecule has 2 aliphatic heterocycles. The van der Waals surface area contributed by atoms with Gasteiger partial charge in [-0.3, -0.25) is 4.79 Å². The molecule has 28 heavy (non-hydrogen) atoms. The van der Waals surface area contributed by atoms with Crippen molar-refractivity contribution in [2.75, 3.05) is 31.6 Å². The number of carbonyl (C=O) groups is 1. The zero-order valence-electron chi connectivity index (χ0n) is 16.7. The lowest BCUT2D eigenvalue weighted by Crippen LogP contribution is -2.47. The van der Waals surface area contributed by atoms with Crippen molar-refractivity contribution in [3.63, 3.8) is 0 Å². The maximum Gasteiger partial charge on any atom is 0.219 e. The first-order chi connectivity index (χ1) is 13.6. The fourth-order valence-electron chi connectivity index (χ4n) is 3.66. The SMILES string of the molecule is CC(=O)N1CCC(NC(=NC2CC2C)Nc2ccc3c(c2)OCCCO3)CC1. The lowest BCUT2D eigenvalue weighted by atomic mass is 10.1. The van der Waals surface area contributed by atoms with Crippen LogP contribution in [0.2, 0.25) is 0 Å². The van der Waals surface area contributed by atoms with E-state index in [0.717, 1.165) is 61.9 Å². The molecular formula is C21H30N4O3. The molecule has 1 saturated heterocycles. The Morgan fingerprint density at radius 2 is 1.89 bits per heavy atom. The minimum absolute atomic E-state index is 0.157. The third-order valence-electron chi connectivity index (χ3n) is 5.65. The van der Waals surface area contributed by atoms with Crippen LogP contribution >= 0.6 is 0 Å². The summed E-state index contributed by atoms with van der Waals surface area (Å²) in [6.07, 6.45) is 3.89. The Hall–Kier alpha value is -2.44. The van der Waals surface area contributed by atoms with E-state index in [2.05, 4.69) is 17.6 Å². The largest absolute Gasteiger partial charge is 0.490 e. The van der Waals surface area contributed by atoms with Crippen molar-refractivity contribution in [1.82, 2.24) is 10.2 Å². The number of aliphatic imine (C=N–C) groups is 1. The Kier molecular flexibility index (Phi) is 5.59. The third-order valence-corrected chi connectivity index (χ3v) is 5.65. The number of benzene rings is 1. The van der Waals surface area contributed by atoms with Gasteiger partial charge in [0.05, 0.1) is 19.3 Å². The van der Waals surface area contributed by atoms with Crippen LogP contribution in [0, 0.1) is 5.92 Å². The minimum Gasteiger partial charge on any atom is -0.490 e. The number of carbonyl (C=O) groups excluding carboxylic acids is 1. The Morgan fingerprint density at radius 3 is 2.57 bits per heavy atom. The second-order valence-electron chi connectivity index (χ2n) is 8.02. The molecule has 2 N–H and O–H groups in total. The van der Waals surface area contributed by atoms with Gasteiger partial charge in [-0.15, -0.1) is 0 Å². The minimum atomic E-state index is 0.157. The Balaban J connectivity index is 1.43. The molecule has 1 saturated carbocycles. The highest BCUT2D eigenvalue weighted by Gasteiger charge is 2.33. The van der Waals surface area contributed by atoms with E-state index in [1.54, 1.807) is 6.92 Å². The van der Waals surface area contributed by atoms with Crippen LogP contribution in [0.3, 0.4) is 0 Å². The van der Waals surface area contributed by atoms with Crippen molar-refractivity contribution in [1.29, 1.82) is 0 Å². The molecule has 3 aliphatic rings. The van der Waals surface area contributed by atoms with Crippen LogP contribution < -0.4 is 20.1 Å². The molecule has 1 aromatic rings. The summed E-state index contributed by atoms with van der Waals surface area (Å²) in [6.45, 7) is 6.82. The highest BCUT2D eigenvalue weighted by Crippen LogP contribution is 2.34. The number of amides is 1. The Labute approximate surface area is 166 Å². The number of hydrogen-bond acceptors (Lipinski definition) is 4. The molecule has 4 rings (SSSR count). The summed E-state index contributed by atoms with van der Waals surface area (Å²) in [5.41, 5.74) is 0.935. The number of ether oxygens (including phenoxy) is 2. The van der Waals surface area contributed by atoms with E-state index in [-0.39, 0.29) is 5.91 Å². The van der Waals surface area contributed by atoms with Gasteiger partial charge >= 0.3 is 0 Å². The number of nitrogens with one attached hydrogen (secondary N) is 2. The van der Waals surface area contributed by atoms with Gasteiger partial charge in [0.2, 0.25) is 5.91 Å². The zero-order chi connectivity index (χ0) is 19.5. The van der Waals surface area contributed by atoms with E-state index < -0.39 is 0 Å². The molecule has 2 fully saturated rings. The van der Waals surface area contributed by atoms with Crippen molar-refractivity contribution >= 4 is 17.6 Å². The van der Waals surface area contributed by atoms with Crippen LogP contribution in [0.25, 0.3) is 0 Å². The van der Waals surface area contributed by atoms with Gasteiger partial charge in [-0.25, -0.2) is 4.99 Å². The molecule has 2 heterocycles. The average Bonchev–Trinajstić information content (AvgIpc) is 3.42. The lowest BCUT2D eigenvalue weighted by Gasteiger charge is -2.32. The number of hydrogen-bond donors (Lipinski definition) is 2. The average molecular weight is 386 g/mol. The number of piperidine rings is 1. The number of guanidine groups is 1. The molecular weight excluding hydrogens is 356 g/mol. The van der Waals surface area contributed by atoms with E-state index in [1.807, 2.05) is 23.1 Å². The molecule has 1 aromatic carbocycles. The number of rotatable bonds is 3. The summed E-state index contributed by atoms with van der Waals surface area (Å²) < 4.78 is 11.5. The van der Waals surface area contributed by atoms with Crippen LogP contribution in [0.1, 0.15) is 39.5 Å². The first-order valence-electron chi connectivity index (χ1n) is 10.3. The summed E-state index contributed by atoms with van der Waals surface area (Å²) in [4.78, 5) is 18.3. The summed E-state index contributed by atoms with van der Waals surface area (Å²) in [5.74, 6) is 3.18. The second-order valence-corrected chi connectivity index (χ2v) is 8.02. The van der Waals surface area contributed by atoms with Gasteiger partial charge in [0.1, 0.15) is 0 Å². The fraction of sp³-hybridized carbons (Fsp3) is 0.619. The summed E-state index contributed by atoms with van der Waals surface area (Å²) in [7, 11) is 0. The highest BCUT2D eigenvalue weighted by atomic mass is 16.5. The van der Waals surface area contributed by atoms with Gasteiger partial charge in [0.25, 0.3) is 0 Å². The van der Waals surface area contributed by atoms with Crippen molar-refractivity contribution in [2.24, 2.45) is 10.9 Å². The normalized spacial score (nSPS) is 25.1. The van der Waals surface area contributed by atoms with Crippen molar-refractivity contribution < 1.29 is 14.3 Å². The number of fused-ring (bicyclic) bond motifs is 1. The maximum atomic E-state index is 11.5. The molecule has 2 unspecified atom stereocenters. The molecule has 1 aliphatic carbocycles. The fourth-order valence-corrected chi connectivity index (χ4v) is 3.66. The van der Waals surface area contributed by atoms with Gasteiger partial charge in [-0.1, -0.05) is 6.92 Å². The maximum absolute atomic E-state index is 11.5. The molecule has 0 radical (unpaired) electrons. The molecule has 0 spiro atoms. The summed E-state index contributed by atoms with van der Waals surface area (Å²) in [6, 6.07) is 6.63. The van der Waals surface area contributed by atoms with Crippen LogP contribution in [-0.4, -0.2) is 55.2 Å². The van der Waals surface area contributed by atoms with E-state index in [1.165, 1.54) is 0 Å². The smallest absolute Gasteiger partial charge is 0.219 e. The van der Waals surface area contributed by atoms with E-state index >= 15 is 0 Å². The highest BCUT2D eigenvalue weighted by molar-refractivity contribution is 5.94. The quantitative estimate of drug-likeness (QED) is 0.617. The van der Waals surface area contributed by atoms with Crippen molar-refractivity contribution in [3.8, 4) is 11.5 Å². The summed E-state index contributed by atoms with van der Waals surface area (Å²) >= 11 is 0. The molecule has 1 amide bonds. The third kappa shape index (κ3) is 4.69. The van der Waals surface area contributed by atoms with Crippen molar-refractivity contribution in [2.45, 2.75) is 51.6 Å². The van der Waals surface area contributed by atoms with Crippen molar-refractivity contribution in [3.05, 3.63) is 18.2 Å². The molecule has 2 atom stereocenters. The summed E-state index contributed by atoms with van der Waals surface area (Å²) in [5, 5.41) is 7.02. The van der Waals surface area contributed by atoms with Gasteiger partial charge in [0.15, 0.2) is 17.5 Å². The monoisotopic (exact) mass is 386 g/mol. The molecule has 7 nitrogen and oxygen atoms in total. The predicted octanol–water partition coefficient (Wildman–Crippen LogP) is 2.62. The Bertz CT molecular complexity index is 743. The molecule has 7 heteroatoms. The first-order valence-corrected chi connectivity index (χ1v) is 10.3. The number of likely N-dealkylation sites (tertiary alicyclic amines) is 1. The lowest BCUT2D eigenvalue weighted by molar-refractivity contribution is -0.129. The number of nitrogens with zero attached hydrogens (tertiary/aromatic N) is 2. The van der Waals surface area contributed by atoms with Crippen LogP contribution in [0.5, 0.6) is 11.5 Å². The molecule has 0 aromatic heterocycles. The van der Waals surface area contributed by atoms with Crippen LogP contribution in [-0.2, 0) is 4.79 Å². The van der Waals surface area contributed by atoms with Gasteiger partial charge in [-0.05, 0) is 37.3 Å². The van der Waals surface area contributed by atoms with E-state index in [4.69, 9.17) is 14.5 Å². The second kappa shape index (κ2) is 8.29.